The zero-order valence-electron chi connectivity index (χ0n) is 16.1. The second-order valence-corrected chi connectivity index (χ2v) is 7.95. The fourth-order valence-electron chi connectivity index (χ4n) is 3.15. The molecule has 2 heterocycles. The lowest BCUT2D eigenvalue weighted by Crippen LogP contribution is -2.42. The summed E-state index contributed by atoms with van der Waals surface area (Å²) in [5, 5.41) is 2.75. The van der Waals surface area contributed by atoms with Gasteiger partial charge in [0.1, 0.15) is 5.60 Å². The molecule has 0 spiro atoms. The van der Waals surface area contributed by atoms with Crippen molar-refractivity contribution in [3.63, 3.8) is 0 Å². The average Bonchev–Trinajstić information content (AvgIpc) is 2.91. The monoisotopic (exact) mass is 398 g/mol. The highest BCUT2D eigenvalue weighted by Gasteiger charge is 2.43. The highest BCUT2D eigenvalue weighted by molar-refractivity contribution is 5.95. The van der Waals surface area contributed by atoms with Crippen LogP contribution in [0.4, 0.5) is 13.6 Å². The van der Waals surface area contributed by atoms with Gasteiger partial charge in [0.25, 0.3) is 5.91 Å². The number of amides is 2. The zero-order chi connectivity index (χ0) is 20.5. The Labute approximate surface area is 161 Å². The topological polar surface area (TPSA) is 77.1 Å². The van der Waals surface area contributed by atoms with Crippen molar-refractivity contribution in [2.24, 2.45) is 5.92 Å². The van der Waals surface area contributed by atoms with Gasteiger partial charge in [-0.25, -0.2) is 4.79 Å². The average molecular weight is 398 g/mol. The molecule has 2 aliphatic rings. The van der Waals surface area contributed by atoms with Gasteiger partial charge in [-0.15, -0.1) is 8.78 Å². The van der Waals surface area contributed by atoms with Gasteiger partial charge >= 0.3 is 12.4 Å². The fraction of sp³-hybridized carbons (Fsp3) is 0.579. The first kappa shape index (κ1) is 20.2. The molecule has 9 heteroatoms. The van der Waals surface area contributed by atoms with Gasteiger partial charge in [0.2, 0.25) is 0 Å². The van der Waals surface area contributed by atoms with E-state index < -0.39 is 18.0 Å². The number of hydrogen-bond acceptors (Lipinski definition) is 5. The number of carbonyl (C=O) groups excluding carboxylic acids is 2. The molecule has 154 valence electrons. The summed E-state index contributed by atoms with van der Waals surface area (Å²) in [5.74, 6) is -0.243. The van der Waals surface area contributed by atoms with E-state index in [1.165, 1.54) is 18.2 Å². The predicted molar refractivity (Wildman–Crippen MR) is 95.5 cm³/mol. The van der Waals surface area contributed by atoms with E-state index in [9.17, 15) is 18.4 Å². The molecule has 3 rings (SSSR count). The van der Waals surface area contributed by atoms with Gasteiger partial charge in [-0.1, -0.05) is 0 Å². The molecule has 0 aliphatic carbocycles. The molecule has 2 amide bonds. The predicted octanol–water partition coefficient (Wildman–Crippen LogP) is 3.39. The van der Waals surface area contributed by atoms with Crippen LogP contribution in [-0.4, -0.2) is 48.4 Å². The molecule has 1 aromatic carbocycles. The van der Waals surface area contributed by atoms with Gasteiger partial charge in [0.15, 0.2) is 11.5 Å². The lowest BCUT2D eigenvalue weighted by atomic mass is 9.96. The van der Waals surface area contributed by atoms with E-state index in [0.717, 1.165) is 12.8 Å². The van der Waals surface area contributed by atoms with E-state index in [1.807, 2.05) is 0 Å². The van der Waals surface area contributed by atoms with Crippen molar-refractivity contribution in [3.8, 4) is 11.5 Å². The Hall–Kier alpha value is -2.58. The summed E-state index contributed by atoms with van der Waals surface area (Å²) in [6.45, 7) is 6.92. The van der Waals surface area contributed by atoms with Crippen LogP contribution < -0.4 is 14.8 Å². The minimum absolute atomic E-state index is 0.0894. The van der Waals surface area contributed by atoms with Gasteiger partial charge in [0.05, 0.1) is 0 Å². The number of alkyl halides is 2. The summed E-state index contributed by atoms with van der Waals surface area (Å²) in [6.07, 6.45) is -2.71. The van der Waals surface area contributed by atoms with Crippen molar-refractivity contribution >= 4 is 12.0 Å². The molecule has 28 heavy (non-hydrogen) atoms. The molecule has 0 radical (unpaired) electrons. The number of rotatable bonds is 3. The quantitative estimate of drug-likeness (QED) is 0.845. The molecular weight excluding hydrogens is 374 g/mol. The van der Waals surface area contributed by atoms with Crippen LogP contribution in [0.25, 0.3) is 0 Å². The van der Waals surface area contributed by atoms with Gasteiger partial charge < -0.3 is 24.4 Å². The second kappa shape index (κ2) is 7.44. The Balaban J connectivity index is 1.49. The summed E-state index contributed by atoms with van der Waals surface area (Å²) in [4.78, 5) is 26.0. The van der Waals surface area contributed by atoms with Gasteiger partial charge in [0, 0.05) is 25.2 Å². The van der Waals surface area contributed by atoms with Crippen LogP contribution in [0.15, 0.2) is 18.2 Å². The summed E-state index contributed by atoms with van der Waals surface area (Å²) >= 11 is 0. The number of hydrogen-bond donors (Lipinski definition) is 1. The van der Waals surface area contributed by atoms with Gasteiger partial charge in [-0.2, -0.15) is 0 Å². The Morgan fingerprint density at radius 1 is 1.21 bits per heavy atom. The Morgan fingerprint density at radius 2 is 1.86 bits per heavy atom. The molecule has 1 N–H and O–H groups in total. The van der Waals surface area contributed by atoms with E-state index in [0.29, 0.717) is 19.6 Å². The maximum atomic E-state index is 13.1. The van der Waals surface area contributed by atoms with Crippen LogP contribution in [0.1, 0.15) is 44.0 Å². The van der Waals surface area contributed by atoms with Gasteiger partial charge in [-0.3, -0.25) is 4.79 Å². The molecule has 1 fully saturated rings. The SMILES string of the molecule is CC(C)(C)OC(=O)NCC1CCN(C(=O)c2ccc3c(c2)OC(F)(F)O3)CC1. The number of nitrogens with one attached hydrogen (secondary N) is 1. The van der Waals surface area contributed by atoms with E-state index in [2.05, 4.69) is 14.8 Å². The summed E-state index contributed by atoms with van der Waals surface area (Å²) in [7, 11) is 0. The maximum Gasteiger partial charge on any atom is 0.586 e. The number of ether oxygens (including phenoxy) is 3. The molecule has 2 aliphatic heterocycles. The highest BCUT2D eigenvalue weighted by Crippen LogP contribution is 2.41. The first-order valence-electron chi connectivity index (χ1n) is 9.18. The highest BCUT2D eigenvalue weighted by atomic mass is 19.3. The molecule has 0 saturated carbocycles. The summed E-state index contributed by atoms with van der Waals surface area (Å²) in [6, 6.07) is 4.03. The van der Waals surface area contributed by atoms with Crippen molar-refractivity contribution in [1.29, 1.82) is 0 Å². The number of halogens is 2. The molecule has 1 saturated heterocycles. The molecule has 0 bridgehead atoms. The molecule has 7 nitrogen and oxygen atoms in total. The normalized spacial score (nSPS) is 18.7. The van der Waals surface area contributed by atoms with Crippen molar-refractivity contribution in [2.45, 2.75) is 45.5 Å². The largest absolute Gasteiger partial charge is 0.586 e. The molecule has 0 unspecified atom stereocenters. The number of nitrogens with zero attached hydrogens (tertiary/aromatic N) is 1. The summed E-state index contributed by atoms with van der Waals surface area (Å²) < 4.78 is 40.2. The van der Waals surface area contributed by atoms with Crippen molar-refractivity contribution < 1.29 is 32.6 Å². The van der Waals surface area contributed by atoms with Crippen LogP contribution in [0.2, 0.25) is 0 Å². The molecular formula is C19H24F2N2O5. The maximum absolute atomic E-state index is 13.1. The van der Waals surface area contributed by atoms with Crippen molar-refractivity contribution in [3.05, 3.63) is 23.8 Å². The van der Waals surface area contributed by atoms with E-state index >= 15 is 0 Å². The second-order valence-electron chi connectivity index (χ2n) is 7.95. The Morgan fingerprint density at radius 3 is 2.50 bits per heavy atom. The molecule has 0 aromatic heterocycles. The number of benzene rings is 1. The first-order valence-corrected chi connectivity index (χ1v) is 9.18. The number of carbonyl (C=O) groups is 2. The first-order chi connectivity index (χ1) is 13.0. The van der Waals surface area contributed by atoms with Crippen molar-refractivity contribution in [1.82, 2.24) is 10.2 Å². The van der Waals surface area contributed by atoms with Crippen LogP contribution in [0.3, 0.4) is 0 Å². The van der Waals surface area contributed by atoms with E-state index in [1.54, 1.807) is 25.7 Å². The Kier molecular flexibility index (Phi) is 5.36. The van der Waals surface area contributed by atoms with Gasteiger partial charge in [-0.05, 0) is 57.7 Å². The standard InChI is InChI=1S/C19H24F2N2O5/c1-18(2,3)28-17(25)22-11-12-6-8-23(9-7-12)16(24)13-4-5-14-15(10-13)27-19(20,21)26-14/h4-5,10,12H,6-9,11H2,1-3H3,(H,22,25). The minimum atomic E-state index is -3.70. The minimum Gasteiger partial charge on any atom is -0.444 e. The fourth-order valence-corrected chi connectivity index (χ4v) is 3.15. The van der Waals surface area contributed by atoms with Crippen LogP contribution in [-0.2, 0) is 4.74 Å². The summed E-state index contributed by atoms with van der Waals surface area (Å²) in [5.41, 5.74) is -0.278. The third kappa shape index (κ3) is 5.02. The number of fused-ring (bicyclic) bond motifs is 1. The van der Waals surface area contributed by atoms with E-state index in [4.69, 9.17) is 4.74 Å². The van der Waals surface area contributed by atoms with Crippen LogP contribution in [0.5, 0.6) is 11.5 Å². The van der Waals surface area contributed by atoms with E-state index in [-0.39, 0.29) is 28.9 Å². The third-order valence-corrected chi connectivity index (χ3v) is 4.48. The molecule has 1 aromatic rings. The third-order valence-electron chi connectivity index (χ3n) is 4.48. The zero-order valence-corrected chi connectivity index (χ0v) is 16.1. The number of likely N-dealkylation sites (tertiary alicyclic amines) is 1. The number of alkyl carbamates (subject to hydrolysis) is 1. The lowest BCUT2D eigenvalue weighted by molar-refractivity contribution is -0.286. The molecule has 0 atom stereocenters. The van der Waals surface area contributed by atoms with Crippen molar-refractivity contribution in [2.75, 3.05) is 19.6 Å². The lowest BCUT2D eigenvalue weighted by Gasteiger charge is -2.32. The Bertz CT molecular complexity index is 755. The van der Waals surface area contributed by atoms with Crippen LogP contribution in [0, 0.1) is 5.92 Å². The smallest absolute Gasteiger partial charge is 0.444 e. The van der Waals surface area contributed by atoms with Crippen LogP contribution >= 0.6 is 0 Å². The number of piperidine rings is 1.